The number of ether oxygens (including phenoxy) is 1. The molecule has 7 rings (SSSR count). The number of hydrogen-bond donors (Lipinski definition) is 5. The molecule has 0 saturated carbocycles. The van der Waals surface area contributed by atoms with Crippen LogP contribution in [0.5, 0.6) is 0 Å². The predicted molar refractivity (Wildman–Crippen MR) is 168 cm³/mol. The lowest BCUT2D eigenvalue weighted by Crippen LogP contribution is -2.21. The van der Waals surface area contributed by atoms with Crippen LogP contribution in [0.3, 0.4) is 0 Å². The first-order valence-corrected chi connectivity index (χ1v) is 13.9. The van der Waals surface area contributed by atoms with E-state index < -0.39 is 5.97 Å². The van der Waals surface area contributed by atoms with E-state index in [4.69, 9.17) is 5.11 Å². The maximum absolute atomic E-state index is 11.7. The summed E-state index contributed by atoms with van der Waals surface area (Å²) in [6.45, 7) is 1.77. The Morgan fingerprint density at radius 3 is 2.16 bits per heavy atom. The molecule has 224 valence electrons. The molecule has 11 heteroatoms. The van der Waals surface area contributed by atoms with Gasteiger partial charge in [-0.2, -0.15) is 0 Å². The highest BCUT2D eigenvalue weighted by Gasteiger charge is 2.21. The number of rotatable bonds is 5. The Balaban J connectivity index is 0.000000136. The van der Waals surface area contributed by atoms with Gasteiger partial charge in [0, 0.05) is 54.5 Å². The van der Waals surface area contributed by atoms with Gasteiger partial charge in [-0.1, -0.05) is 18.2 Å². The lowest BCUT2D eigenvalue weighted by molar-refractivity contribution is 0.0599. The van der Waals surface area contributed by atoms with Gasteiger partial charge in [0.15, 0.2) is 0 Å². The van der Waals surface area contributed by atoms with Crippen LogP contribution in [-0.2, 0) is 17.7 Å². The fourth-order valence-electron chi connectivity index (χ4n) is 4.95. The van der Waals surface area contributed by atoms with Crippen LogP contribution in [-0.4, -0.2) is 63.6 Å². The second-order valence-corrected chi connectivity index (χ2v) is 10.0. The normalized spacial score (nSPS) is 11.6. The maximum atomic E-state index is 11.7. The summed E-state index contributed by atoms with van der Waals surface area (Å²) in [5.74, 6) is -1.25. The number of aromatic nitrogens is 4. The molecule has 3 aromatic carbocycles. The molecule has 1 amide bonds. The van der Waals surface area contributed by atoms with Crippen LogP contribution < -0.4 is 10.2 Å². The van der Waals surface area contributed by atoms with Crippen molar-refractivity contribution in [2.75, 3.05) is 25.6 Å². The first-order chi connectivity index (χ1) is 21.4. The molecule has 0 fully saturated rings. The standard InChI is InChI=1S/C14H16N4O.C10H9NO2.C9H7NO2/c1-15-14(19)11-3-2-10-4-5-18(13(10)6-11)8-12-7-16-9-17-12;1-13-10(12)8-3-2-7-4-5-11-9(7)6-8;11-9(12)7-2-1-6-3-4-10-8(6)5-7/h2-3,6-7,9H,4-5,8H2,1H3,(H,15,19)(H,16,17);2-6,11H,1H3;1-5,10H,(H,11,12). The van der Waals surface area contributed by atoms with Crippen molar-refractivity contribution in [2.45, 2.75) is 13.0 Å². The van der Waals surface area contributed by atoms with E-state index in [1.165, 1.54) is 12.7 Å². The first kappa shape index (κ1) is 29.6. The highest BCUT2D eigenvalue weighted by molar-refractivity contribution is 5.96. The minimum absolute atomic E-state index is 0.0452. The van der Waals surface area contributed by atoms with Gasteiger partial charge in [0.25, 0.3) is 5.91 Å². The van der Waals surface area contributed by atoms with E-state index in [9.17, 15) is 14.4 Å². The molecular weight excluding hydrogens is 560 g/mol. The number of amides is 1. The van der Waals surface area contributed by atoms with E-state index in [0.29, 0.717) is 16.7 Å². The molecule has 0 unspecified atom stereocenters. The van der Waals surface area contributed by atoms with E-state index in [1.807, 2.05) is 48.8 Å². The van der Waals surface area contributed by atoms with Crippen LogP contribution >= 0.6 is 0 Å². The number of H-pyrrole nitrogens is 3. The smallest absolute Gasteiger partial charge is 0.337 e. The SMILES string of the molecule is CNC(=O)c1ccc2c(c1)N(Cc1cnc[nH]1)CC2.COC(=O)c1ccc2cc[nH]c2c1.O=C(O)c1ccc2cc[nH]c2c1. The highest BCUT2D eigenvalue weighted by atomic mass is 16.5. The number of anilines is 1. The summed E-state index contributed by atoms with van der Waals surface area (Å²) in [4.78, 5) is 48.8. The van der Waals surface area contributed by atoms with Crippen LogP contribution in [0.4, 0.5) is 5.69 Å². The fraction of sp³-hybridized carbons (Fsp3) is 0.152. The van der Waals surface area contributed by atoms with E-state index in [-0.39, 0.29) is 11.9 Å². The Bertz CT molecular complexity index is 1910. The maximum Gasteiger partial charge on any atom is 0.337 e. The van der Waals surface area contributed by atoms with Crippen molar-refractivity contribution in [3.05, 3.63) is 120 Å². The largest absolute Gasteiger partial charge is 0.478 e. The summed E-state index contributed by atoms with van der Waals surface area (Å²) in [5, 5.41) is 13.4. The number of aromatic amines is 3. The number of aromatic carboxylic acids is 1. The van der Waals surface area contributed by atoms with Crippen LogP contribution in [0.1, 0.15) is 42.3 Å². The summed E-state index contributed by atoms with van der Waals surface area (Å²) in [5.41, 5.74) is 6.92. The molecule has 44 heavy (non-hydrogen) atoms. The summed E-state index contributed by atoms with van der Waals surface area (Å²) in [7, 11) is 3.03. The fourth-order valence-corrected chi connectivity index (χ4v) is 4.95. The monoisotopic (exact) mass is 592 g/mol. The Hall–Kier alpha value is -5.84. The third-order valence-electron chi connectivity index (χ3n) is 7.26. The average Bonchev–Trinajstić information content (AvgIpc) is 3.88. The Kier molecular flexibility index (Phi) is 9.05. The van der Waals surface area contributed by atoms with E-state index in [1.54, 1.807) is 49.9 Å². The number of fused-ring (bicyclic) bond motifs is 3. The number of imidazole rings is 1. The van der Waals surface area contributed by atoms with Crippen molar-refractivity contribution >= 4 is 45.3 Å². The van der Waals surface area contributed by atoms with Crippen LogP contribution in [0.15, 0.2) is 91.6 Å². The Morgan fingerprint density at radius 2 is 1.55 bits per heavy atom. The topological polar surface area (TPSA) is 156 Å². The lowest BCUT2D eigenvalue weighted by Gasteiger charge is -2.18. The number of hydrogen-bond acceptors (Lipinski definition) is 6. The summed E-state index contributed by atoms with van der Waals surface area (Å²) < 4.78 is 4.61. The van der Waals surface area contributed by atoms with Gasteiger partial charge in [-0.05, 0) is 71.3 Å². The van der Waals surface area contributed by atoms with E-state index in [0.717, 1.165) is 52.7 Å². The predicted octanol–water partition coefficient (Wildman–Crippen LogP) is 5.15. The highest BCUT2D eigenvalue weighted by Crippen LogP contribution is 2.30. The number of methoxy groups -OCH3 is 1. The minimum Gasteiger partial charge on any atom is -0.478 e. The molecule has 5 N–H and O–H groups in total. The van der Waals surface area contributed by atoms with E-state index in [2.05, 4.69) is 34.9 Å². The van der Waals surface area contributed by atoms with Crippen molar-refractivity contribution in [1.82, 2.24) is 25.3 Å². The Morgan fingerprint density at radius 1 is 0.886 bits per heavy atom. The molecule has 1 aliphatic rings. The molecule has 1 aliphatic heterocycles. The number of carbonyl (C=O) groups excluding carboxylic acids is 2. The number of benzene rings is 3. The van der Waals surface area contributed by atoms with Crippen LogP contribution in [0.25, 0.3) is 21.8 Å². The third-order valence-corrected chi connectivity index (χ3v) is 7.26. The quantitative estimate of drug-likeness (QED) is 0.173. The van der Waals surface area contributed by atoms with Crippen molar-refractivity contribution in [3.8, 4) is 0 Å². The number of carbonyl (C=O) groups is 3. The number of carboxylic acids is 1. The van der Waals surface area contributed by atoms with Crippen molar-refractivity contribution < 1.29 is 24.2 Å². The second-order valence-electron chi connectivity index (χ2n) is 10.0. The molecule has 0 atom stereocenters. The zero-order chi connectivity index (χ0) is 31.1. The minimum atomic E-state index is -0.897. The first-order valence-electron chi connectivity index (χ1n) is 13.9. The Labute approximate surface area is 252 Å². The van der Waals surface area contributed by atoms with E-state index >= 15 is 0 Å². The number of esters is 1. The number of nitrogens with one attached hydrogen (secondary N) is 4. The molecule has 3 aromatic heterocycles. The van der Waals surface area contributed by atoms with Gasteiger partial charge in [-0.15, -0.1) is 0 Å². The van der Waals surface area contributed by atoms with Gasteiger partial charge in [-0.25, -0.2) is 14.6 Å². The summed E-state index contributed by atoms with van der Waals surface area (Å²) in [6, 6.07) is 20.2. The molecule has 0 radical (unpaired) electrons. The molecule has 6 aromatic rings. The molecule has 0 spiro atoms. The zero-order valence-electron chi connectivity index (χ0n) is 24.3. The number of nitrogens with zero attached hydrogens (tertiary/aromatic N) is 2. The summed E-state index contributed by atoms with van der Waals surface area (Å²) >= 11 is 0. The van der Waals surface area contributed by atoms with Gasteiger partial charge in [0.05, 0.1) is 36.8 Å². The van der Waals surface area contributed by atoms with Gasteiger partial charge in [0.1, 0.15) is 0 Å². The average molecular weight is 593 g/mol. The van der Waals surface area contributed by atoms with Crippen molar-refractivity contribution in [2.24, 2.45) is 0 Å². The second kappa shape index (κ2) is 13.4. The zero-order valence-corrected chi connectivity index (χ0v) is 24.3. The molecular formula is C33H32N6O5. The molecule has 4 heterocycles. The number of carboxylic acid groups (broad SMARTS) is 1. The van der Waals surface area contributed by atoms with Gasteiger partial charge in [0.2, 0.25) is 0 Å². The molecule has 0 aliphatic carbocycles. The van der Waals surface area contributed by atoms with Gasteiger partial charge >= 0.3 is 11.9 Å². The van der Waals surface area contributed by atoms with Gasteiger partial charge < -0.3 is 35.0 Å². The summed E-state index contributed by atoms with van der Waals surface area (Å²) in [6.07, 6.45) is 8.17. The third kappa shape index (κ3) is 6.79. The molecule has 0 bridgehead atoms. The van der Waals surface area contributed by atoms with Gasteiger partial charge in [-0.3, -0.25) is 4.79 Å². The van der Waals surface area contributed by atoms with Crippen LogP contribution in [0, 0.1) is 0 Å². The van der Waals surface area contributed by atoms with Crippen molar-refractivity contribution in [3.63, 3.8) is 0 Å². The van der Waals surface area contributed by atoms with Crippen molar-refractivity contribution in [1.29, 1.82) is 0 Å². The lowest BCUT2D eigenvalue weighted by atomic mass is 10.1. The molecule has 0 saturated heterocycles. The molecule has 11 nitrogen and oxygen atoms in total. The van der Waals surface area contributed by atoms with Crippen LogP contribution in [0.2, 0.25) is 0 Å².